The van der Waals surface area contributed by atoms with Crippen LogP contribution in [0, 0.1) is 10.1 Å². The second-order valence-corrected chi connectivity index (χ2v) is 3.79. The maximum Gasteiger partial charge on any atom is 0.407 e. The van der Waals surface area contributed by atoms with Crippen molar-refractivity contribution in [2.24, 2.45) is 0 Å². The second kappa shape index (κ2) is 4.40. The molecule has 1 aliphatic heterocycles. The largest absolute Gasteiger partial charge is 0.504 e. The number of amides is 1. The molecular formula is C10H10N2O6. The minimum Gasteiger partial charge on any atom is -0.504 e. The van der Waals surface area contributed by atoms with Crippen molar-refractivity contribution in [2.75, 3.05) is 6.61 Å². The molecule has 0 aromatic heterocycles. The molecule has 0 radical (unpaired) electrons. The Hall–Kier alpha value is -2.51. The molecule has 1 amide bonds. The highest BCUT2D eigenvalue weighted by atomic mass is 16.6. The topological polar surface area (TPSA) is 122 Å². The number of carbonyl (C=O) groups excluding carboxylic acids is 1. The average molecular weight is 254 g/mol. The molecule has 1 aliphatic rings. The van der Waals surface area contributed by atoms with Gasteiger partial charge in [0.2, 0.25) is 5.75 Å². The zero-order valence-corrected chi connectivity index (χ0v) is 9.12. The minimum atomic E-state index is -0.806. The van der Waals surface area contributed by atoms with Crippen molar-refractivity contribution in [1.82, 2.24) is 5.32 Å². The molecule has 0 aliphatic carbocycles. The summed E-state index contributed by atoms with van der Waals surface area (Å²) in [7, 11) is 0. The lowest BCUT2D eigenvalue weighted by Gasteiger charge is -2.23. The maximum absolute atomic E-state index is 11.0. The van der Waals surface area contributed by atoms with Crippen molar-refractivity contribution in [1.29, 1.82) is 0 Å². The van der Waals surface area contributed by atoms with Crippen LogP contribution in [0.2, 0.25) is 0 Å². The number of benzene rings is 1. The zero-order chi connectivity index (χ0) is 13.3. The lowest BCUT2D eigenvalue weighted by Crippen LogP contribution is -2.35. The van der Waals surface area contributed by atoms with Gasteiger partial charge in [-0.1, -0.05) is 0 Å². The van der Waals surface area contributed by atoms with Gasteiger partial charge in [-0.3, -0.25) is 10.1 Å². The summed E-state index contributed by atoms with van der Waals surface area (Å²) in [6, 6.07) is 1.81. The molecule has 96 valence electrons. The van der Waals surface area contributed by atoms with E-state index in [1.54, 1.807) is 0 Å². The first-order valence-electron chi connectivity index (χ1n) is 5.12. The van der Waals surface area contributed by atoms with Crippen molar-refractivity contribution in [3.63, 3.8) is 0 Å². The van der Waals surface area contributed by atoms with Gasteiger partial charge >= 0.3 is 11.8 Å². The fourth-order valence-electron chi connectivity index (χ4n) is 1.74. The van der Waals surface area contributed by atoms with Gasteiger partial charge in [-0.05, 0) is 11.6 Å². The van der Waals surface area contributed by atoms with E-state index in [0.717, 1.165) is 6.07 Å². The van der Waals surface area contributed by atoms with Crippen LogP contribution in [0.3, 0.4) is 0 Å². The van der Waals surface area contributed by atoms with Crippen LogP contribution < -0.4 is 5.32 Å². The van der Waals surface area contributed by atoms with E-state index in [9.17, 15) is 25.1 Å². The van der Waals surface area contributed by atoms with Gasteiger partial charge in [0.1, 0.15) is 0 Å². The number of nitrogens with zero attached hydrogens (tertiary/aromatic N) is 1. The van der Waals surface area contributed by atoms with Crippen LogP contribution >= 0.6 is 0 Å². The average Bonchev–Trinajstić information content (AvgIpc) is 2.32. The fraction of sp³-hybridized carbons (Fsp3) is 0.300. The predicted molar refractivity (Wildman–Crippen MR) is 58.3 cm³/mol. The molecule has 1 heterocycles. The monoisotopic (exact) mass is 254 g/mol. The van der Waals surface area contributed by atoms with Crippen molar-refractivity contribution in [3.8, 4) is 11.5 Å². The Morgan fingerprint density at radius 3 is 2.78 bits per heavy atom. The third-order valence-corrected chi connectivity index (χ3v) is 2.62. The van der Waals surface area contributed by atoms with Crippen molar-refractivity contribution < 1.29 is 24.7 Å². The molecule has 8 heteroatoms. The Morgan fingerprint density at radius 2 is 2.17 bits per heavy atom. The van der Waals surface area contributed by atoms with Gasteiger partial charge in [0.15, 0.2) is 5.75 Å². The summed E-state index contributed by atoms with van der Waals surface area (Å²) in [6.45, 7) is 0.186. The second-order valence-electron chi connectivity index (χ2n) is 3.79. The Balaban J connectivity index is 2.39. The third-order valence-electron chi connectivity index (χ3n) is 2.62. The van der Waals surface area contributed by atoms with E-state index in [-0.39, 0.29) is 6.61 Å². The summed E-state index contributed by atoms with van der Waals surface area (Å²) >= 11 is 0. The number of rotatable bonds is 2. The van der Waals surface area contributed by atoms with Gasteiger partial charge in [0, 0.05) is 12.5 Å². The van der Waals surface area contributed by atoms with Gasteiger partial charge in [-0.2, -0.15) is 0 Å². The number of carbonyl (C=O) groups is 1. The number of aromatic hydroxyl groups is 2. The predicted octanol–water partition coefficient (Wildman–Crippen LogP) is 1.18. The molecule has 8 nitrogen and oxygen atoms in total. The number of phenols is 2. The fourth-order valence-corrected chi connectivity index (χ4v) is 1.74. The molecule has 0 saturated carbocycles. The molecular weight excluding hydrogens is 244 g/mol. The standard InChI is InChI=1S/C10H10N2O6/c13-8-4-5(3-7(9(8)14)12(16)17)6-1-2-18-10(15)11-6/h3-4,6,13-14H,1-2H2,(H,11,15)/t6-/m0/s1. The molecule has 2 rings (SSSR count). The van der Waals surface area contributed by atoms with Gasteiger partial charge in [-0.15, -0.1) is 0 Å². The molecule has 1 aromatic rings. The SMILES string of the molecule is O=C1N[C@H](c2cc(O)c(O)c([N+](=O)[O-])c2)CCO1. The smallest absolute Gasteiger partial charge is 0.407 e. The van der Waals surface area contributed by atoms with E-state index in [1.807, 2.05) is 0 Å². The van der Waals surface area contributed by atoms with E-state index in [4.69, 9.17) is 0 Å². The Bertz CT molecular complexity index is 515. The number of hydrogen-bond acceptors (Lipinski definition) is 6. The van der Waals surface area contributed by atoms with Crippen molar-refractivity contribution in [3.05, 3.63) is 27.8 Å². The Morgan fingerprint density at radius 1 is 1.44 bits per heavy atom. The molecule has 0 unspecified atom stereocenters. The summed E-state index contributed by atoms with van der Waals surface area (Å²) in [5, 5.41) is 31.9. The molecule has 3 N–H and O–H groups in total. The number of nitrogens with one attached hydrogen (secondary N) is 1. The lowest BCUT2D eigenvalue weighted by atomic mass is 10.0. The summed E-state index contributed by atoms with van der Waals surface area (Å²) < 4.78 is 4.67. The minimum absolute atomic E-state index is 0.186. The summed E-state index contributed by atoms with van der Waals surface area (Å²) in [6.07, 6.45) is -0.200. The van der Waals surface area contributed by atoms with Crippen molar-refractivity contribution >= 4 is 11.8 Å². The number of phenolic OH excluding ortho intramolecular Hbond substituents is 2. The lowest BCUT2D eigenvalue weighted by molar-refractivity contribution is -0.386. The van der Waals surface area contributed by atoms with Crippen LogP contribution in [-0.2, 0) is 4.74 Å². The highest BCUT2D eigenvalue weighted by molar-refractivity contribution is 5.69. The van der Waals surface area contributed by atoms with E-state index in [1.165, 1.54) is 6.07 Å². The molecule has 1 fully saturated rings. The Labute approximate surface area is 101 Å². The van der Waals surface area contributed by atoms with E-state index in [0.29, 0.717) is 12.0 Å². The maximum atomic E-state index is 11.0. The molecule has 1 atom stereocenters. The van der Waals surface area contributed by atoms with E-state index in [2.05, 4.69) is 10.1 Å². The van der Waals surface area contributed by atoms with Crippen molar-refractivity contribution in [2.45, 2.75) is 12.5 Å². The first kappa shape index (κ1) is 12.0. The normalized spacial score (nSPS) is 18.9. The quantitative estimate of drug-likeness (QED) is 0.413. The molecule has 1 aromatic carbocycles. The molecule has 1 saturated heterocycles. The Kier molecular flexibility index (Phi) is 2.92. The number of ether oxygens (including phenoxy) is 1. The zero-order valence-electron chi connectivity index (χ0n) is 9.12. The van der Waals surface area contributed by atoms with E-state index < -0.39 is 34.2 Å². The number of alkyl carbamates (subject to hydrolysis) is 1. The highest BCUT2D eigenvalue weighted by Gasteiger charge is 2.26. The third kappa shape index (κ3) is 2.12. The van der Waals surface area contributed by atoms with Gasteiger partial charge < -0.3 is 20.3 Å². The number of cyclic esters (lactones) is 1. The first-order valence-corrected chi connectivity index (χ1v) is 5.12. The highest BCUT2D eigenvalue weighted by Crippen LogP contribution is 2.38. The summed E-state index contributed by atoms with van der Waals surface area (Å²) in [5.74, 6) is -1.39. The van der Waals surface area contributed by atoms with Crippen LogP contribution in [0.4, 0.5) is 10.5 Å². The van der Waals surface area contributed by atoms with Gasteiger partial charge in [0.05, 0.1) is 17.6 Å². The van der Waals surface area contributed by atoms with Crippen LogP contribution in [-0.4, -0.2) is 27.8 Å². The van der Waals surface area contributed by atoms with Crippen LogP contribution in [0.15, 0.2) is 12.1 Å². The van der Waals surface area contributed by atoms with Crippen LogP contribution in [0.1, 0.15) is 18.0 Å². The van der Waals surface area contributed by atoms with Crippen LogP contribution in [0.25, 0.3) is 0 Å². The summed E-state index contributed by atoms with van der Waals surface area (Å²) in [5.41, 5.74) is -0.264. The first-order chi connectivity index (χ1) is 8.49. The number of nitro groups is 1. The number of nitro benzene ring substituents is 1. The van der Waals surface area contributed by atoms with Gasteiger partial charge in [0.25, 0.3) is 0 Å². The van der Waals surface area contributed by atoms with Gasteiger partial charge in [-0.25, -0.2) is 4.79 Å². The molecule has 18 heavy (non-hydrogen) atoms. The summed E-state index contributed by atoms with van der Waals surface area (Å²) in [4.78, 5) is 20.9. The van der Waals surface area contributed by atoms with Crippen LogP contribution in [0.5, 0.6) is 11.5 Å². The molecule has 0 bridgehead atoms. The molecule has 0 spiro atoms. The van der Waals surface area contributed by atoms with E-state index >= 15 is 0 Å². The number of hydrogen-bond donors (Lipinski definition) is 3.